The van der Waals surface area contributed by atoms with E-state index >= 15 is 0 Å². The minimum atomic E-state index is -0.688. The van der Waals surface area contributed by atoms with Crippen LogP contribution in [0.25, 0.3) is 0 Å². The van der Waals surface area contributed by atoms with Gasteiger partial charge in [0.05, 0.1) is 19.3 Å². The van der Waals surface area contributed by atoms with E-state index in [9.17, 15) is 47.9 Å². The first-order valence-electron chi connectivity index (χ1n) is 21.3. The third-order valence-corrected chi connectivity index (χ3v) is 19.8. The Labute approximate surface area is 415 Å². The molecule has 7 N–H and O–H groups in total. The molecule has 20 nitrogen and oxygen atoms in total. The van der Waals surface area contributed by atoms with Crippen LogP contribution in [0.5, 0.6) is 0 Å². The van der Waals surface area contributed by atoms with Crippen molar-refractivity contribution in [2.24, 2.45) is 17.2 Å². The number of amides is 7. The number of hydrogen-bond acceptors (Lipinski definition) is 24. The van der Waals surface area contributed by atoms with E-state index in [0.717, 1.165) is 61.7 Å². The molecule has 0 atom stereocenters. The summed E-state index contributed by atoms with van der Waals surface area (Å²) in [6.45, 7) is 1.48. The number of carbonyl (C=O) groups is 10. The van der Waals surface area contributed by atoms with E-state index in [2.05, 4.69) is 5.32 Å². The molecule has 5 fully saturated rings. The fraction of sp³-hybridized carbons (Fsp3) is 0.737. The van der Waals surface area contributed by atoms with Gasteiger partial charge in [-0.05, 0) is 38.6 Å². The first-order valence-corrected chi connectivity index (χ1v) is 31.2. The van der Waals surface area contributed by atoms with Crippen LogP contribution < -0.4 is 22.5 Å². The Balaban J connectivity index is 0.000000287. The lowest BCUT2D eigenvalue weighted by Crippen LogP contribution is -2.42. The SMILES string of the molecule is NC1(CCCCNC(=O)CCSSCCC(=O)ON2C(=O)CCC2=O)CSSC1.NCCCCC1(N)CSSC1.O=C(CCSSCCC(=O)ON1C(=O)CCC1=O)ON1C(=O)CCC1=O. The van der Waals surface area contributed by atoms with Crippen LogP contribution in [0.1, 0.15) is 103 Å². The number of hydroxylamine groups is 6. The monoisotopic (exact) mass is 1080 g/mol. The maximum absolute atomic E-state index is 11.8. The zero-order chi connectivity index (χ0) is 48.4. The van der Waals surface area contributed by atoms with Gasteiger partial charge >= 0.3 is 17.9 Å². The number of nitrogens with zero attached hydrogens (tertiary/aromatic N) is 3. The van der Waals surface area contributed by atoms with Crippen LogP contribution in [0, 0.1) is 0 Å². The highest BCUT2D eigenvalue weighted by atomic mass is 33.1. The Bertz CT molecular complexity index is 1590. The average molecular weight is 1080 g/mol. The maximum atomic E-state index is 11.8. The Morgan fingerprint density at radius 2 is 0.803 bits per heavy atom. The first-order chi connectivity index (χ1) is 31.5. The van der Waals surface area contributed by atoms with Crippen molar-refractivity contribution in [3.05, 3.63) is 0 Å². The van der Waals surface area contributed by atoms with Gasteiger partial charge in [0.25, 0.3) is 35.4 Å². The van der Waals surface area contributed by atoms with Gasteiger partial charge in [0.15, 0.2) is 0 Å². The summed E-state index contributed by atoms with van der Waals surface area (Å²) >= 11 is 0. The molecule has 0 saturated carbocycles. The molecule has 7 amide bonds. The van der Waals surface area contributed by atoms with Crippen LogP contribution in [-0.4, -0.2) is 145 Å². The zero-order valence-corrected chi connectivity index (χ0v) is 43.1. The summed E-state index contributed by atoms with van der Waals surface area (Å²) in [6.07, 6.45) is 7.27. The average Bonchev–Trinajstić information content (AvgIpc) is 4.12. The number of rotatable bonds is 26. The fourth-order valence-electron chi connectivity index (χ4n) is 5.71. The largest absolute Gasteiger partial charge is 0.356 e. The molecule has 0 aromatic carbocycles. The van der Waals surface area contributed by atoms with Crippen molar-refractivity contribution >= 4 is 146 Å². The molecule has 5 rings (SSSR count). The van der Waals surface area contributed by atoms with E-state index in [4.69, 9.17) is 31.7 Å². The van der Waals surface area contributed by atoms with E-state index in [-0.39, 0.29) is 74.8 Å². The molecule has 5 aliphatic heterocycles. The number of nitrogens with one attached hydrogen (secondary N) is 1. The van der Waals surface area contributed by atoms with Gasteiger partial charge in [-0.25, -0.2) is 14.4 Å². The van der Waals surface area contributed by atoms with Crippen LogP contribution in [-0.2, 0) is 62.5 Å². The number of nitrogens with two attached hydrogens (primary N) is 3. The highest BCUT2D eigenvalue weighted by molar-refractivity contribution is 8.77. The highest BCUT2D eigenvalue weighted by Gasteiger charge is 2.35. The third kappa shape index (κ3) is 23.1. The van der Waals surface area contributed by atoms with Crippen molar-refractivity contribution in [1.82, 2.24) is 20.5 Å². The number of carbonyl (C=O) groups excluding carboxylic acids is 10. The fourth-order valence-corrected chi connectivity index (χ4v) is 15.9. The molecular formula is C38H59N7O13S8. The van der Waals surface area contributed by atoms with E-state index in [0.29, 0.717) is 51.2 Å². The summed E-state index contributed by atoms with van der Waals surface area (Å²) in [5.41, 5.74) is 17.9. The quantitative estimate of drug-likeness (QED) is 0.0545. The van der Waals surface area contributed by atoms with Gasteiger partial charge in [0, 0.05) is 109 Å². The van der Waals surface area contributed by atoms with Crippen LogP contribution in [0.2, 0.25) is 0 Å². The molecule has 5 heterocycles. The van der Waals surface area contributed by atoms with Crippen molar-refractivity contribution in [2.45, 2.75) is 114 Å². The molecule has 5 aliphatic rings. The summed E-state index contributed by atoms with van der Waals surface area (Å²) in [6, 6.07) is 0. The lowest BCUT2D eigenvalue weighted by atomic mass is 9.98. The van der Waals surface area contributed by atoms with Crippen molar-refractivity contribution in [3.63, 3.8) is 0 Å². The van der Waals surface area contributed by atoms with Gasteiger partial charge in [0.1, 0.15) is 0 Å². The van der Waals surface area contributed by atoms with Gasteiger partial charge in [-0.1, -0.05) is 92.8 Å². The summed E-state index contributed by atoms with van der Waals surface area (Å²) in [5.74, 6) is 1.07. The van der Waals surface area contributed by atoms with E-state index < -0.39 is 53.4 Å². The third-order valence-electron chi connectivity index (χ3n) is 9.45. The van der Waals surface area contributed by atoms with Gasteiger partial charge in [-0.3, -0.25) is 33.6 Å². The summed E-state index contributed by atoms with van der Waals surface area (Å²) < 4.78 is 0. The molecule has 0 aromatic rings. The smallest absolute Gasteiger partial charge is 0.334 e. The summed E-state index contributed by atoms with van der Waals surface area (Å²) in [7, 11) is 13.0. The first kappa shape index (κ1) is 58.3. The molecule has 5 saturated heterocycles. The van der Waals surface area contributed by atoms with E-state index in [1.807, 2.05) is 43.2 Å². The van der Waals surface area contributed by atoms with Crippen molar-refractivity contribution < 1.29 is 62.5 Å². The van der Waals surface area contributed by atoms with Crippen LogP contribution in [0.15, 0.2) is 0 Å². The minimum absolute atomic E-state index is 0.00401. The van der Waals surface area contributed by atoms with E-state index in [1.54, 1.807) is 0 Å². The molecule has 0 radical (unpaired) electrons. The second-order valence-corrected chi connectivity index (χ2v) is 25.6. The zero-order valence-electron chi connectivity index (χ0n) is 36.5. The Morgan fingerprint density at radius 1 is 0.500 bits per heavy atom. The summed E-state index contributed by atoms with van der Waals surface area (Å²) in [5, 5.41) is 4.48. The van der Waals surface area contributed by atoms with Crippen LogP contribution >= 0.6 is 86.4 Å². The molecular weight excluding hydrogens is 1020 g/mol. The Hall–Kier alpha value is -2.02. The standard InChI is InChI=1S/C17H27N3O5S4.C14H16N2O8S2.C7H16N2S2/c18-17(11-28-29-12-17)7-1-2-8-19-13(21)5-9-26-27-10-6-16(24)25-20-14(22)3-4-15(20)23;17-9-1-2-10(18)15(9)23-13(21)5-7-25-26-8-6-14(22)24-16-11(19)3-4-12(16)20;8-4-2-1-3-7(9)5-10-11-6-7/h1-12,18H2,(H,19,21);1-8H2;1-6,8-9H2. The van der Waals surface area contributed by atoms with Crippen LogP contribution in [0.4, 0.5) is 0 Å². The molecule has 0 spiro atoms. The lowest BCUT2D eigenvalue weighted by molar-refractivity contribution is -0.197. The molecule has 66 heavy (non-hydrogen) atoms. The number of unbranched alkanes of at least 4 members (excludes halogenated alkanes) is 2. The second-order valence-electron chi connectivity index (χ2n) is 15.2. The molecule has 0 unspecified atom stereocenters. The molecule has 0 aromatic heterocycles. The van der Waals surface area contributed by atoms with Gasteiger partial charge in [-0.15, -0.1) is 15.2 Å². The van der Waals surface area contributed by atoms with E-state index in [1.165, 1.54) is 49.6 Å². The number of imide groups is 3. The van der Waals surface area contributed by atoms with Gasteiger partial charge in [-0.2, -0.15) is 0 Å². The predicted molar refractivity (Wildman–Crippen MR) is 263 cm³/mol. The second kappa shape index (κ2) is 32.0. The molecule has 0 aliphatic carbocycles. The summed E-state index contributed by atoms with van der Waals surface area (Å²) in [4.78, 5) is 129. The van der Waals surface area contributed by atoms with Crippen molar-refractivity contribution in [1.29, 1.82) is 0 Å². The van der Waals surface area contributed by atoms with Crippen LogP contribution in [0.3, 0.4) is 0 Å². The minimum Gasteiger partial charge on any atom is -0.356 e. The van der Waals surface area contributed by atoms with Gasteiger partial charge in [0.2, 0.25) is 5.91 Å². The molecule has 28 heteroatoms. The van der Waals surface area contributed by atoms with Crippen molar-refractivity contribution in [3.8, 4) is 0 Å². The molecule has 0 bridgehead atoms. The normalized spacial score (nSPS) is 18.6. The Morgan fingerprint density at radius 3 is 1.12 bits per heavy atom. The van der Waals surface area contributed by atoms with Gasteiger partial charge < -0.3 is 37.0 Å². The maximum Gasteiger partial charge on any atom is 0.334 e. The number of hydrogen-bond donors (Lipinski definition) is 4. The molecule has 372 valence electrons. The topological polar surface area (TPSA) is 298 Å². The predicted octanol–water partition coefficient (Wildman–Crippen LogP) is 3.70. The van der Waals surface area contributed by atoms with Crippen molar-refractivity contribution in [2.75, 3.05) is 59.1 Å². The highest BCUT2D eigenvalue weighted by Crippen LogP contribution is 2.39. The lowest BCUT2D eigenvalue weighted by Gasteiger charge is -2.21. The Kier molecular flexibility index (Phi) is 28.2.